The largest absolute Gasteiger partial charge is 0.290 e. The van der Waals surface area contributed by atoms with Crippen molar-refractivity contribution in [3.8, 4) is 0 Å². The summed E-state index contributed by atoms with van der Waals surface area (Å²) in [6, 6.07) is 0. The van der Waals surface area contributed by atoms with E-state index in [0.29, 0.717) is 0 Å². The lowest BCUT2D eigenvalue weighted by molar-refractivity contribution is 0.222. The lowest BCUT2D eigenvalue weighted by Crippen LogP contribution is -2.35. The molecule has 0 spiro atoms. The fourth-order valence-corrected chi connectivity index (χ4v) is 0.447. The third-order valence-corrected chi connectivity index (χ3v) is 1.89. The van der Waals surface area contributed by atoms with Crippen molar-refractivity contribution in [3.63, 3.8) is 0 Å². The lowest BCUT2D eigenvalue weighted by Gasteiger charge is -1.98. The Bertz CT molecular complexity index is 498. The molecule has 0 heterocycles. The van der Waals surface area contributed by atoms with Crippen molar-refractivity contribution in [1.29, 1.82) is 43.3 Å². The Morgan fingerprint density at radius 1 is 0.250 bits per heavy atom. The maximum absolute atomic E-state index is 7.87. The Balaban J connectivity index is -0.000000163. The maximum atomic E-state index is 7.87. The van der Waals surface area contributed by atoms with Crippen molar-refractivity contribution in [1.82, 2.24) is 43.8 Å². The zero-order valence-corrected chi connectivity index (χ0v) is 15.6. The quantitative estimate of drug-likeness (QED) is 0.0897. The molecule has 0 aliphatic rings. The van der Waals surface area contributed by atoms with E-state index in [1.165, 1.54) is 43.8 Å². The molecule has 0 fully saturated rings. The monoisotopic (exact) mass is 472 g/mol. The van der Waals surface area contributed by atoms with Gasteiger partial charge < -0.3 is 0 Å². The predicted molar refractivity (Wildman–Crippen MR) is 101 cm³/mol. The summed E-state index contributed by atoms with van der Waals surface area (Å²) >= 11 is 0. The van der Waals surface area contributed by atoms with Crippen molar-refractivity contribution in [3.05, 3.63) is 0 Å². The van der Waals surface area contributed by atoms with Crippen LogP contribution in [0.4, 0.5) is 0 Å². The molecule has 0 saturated carbocycles. The zero-order valence-electron chi connectivity index (χ0n) is 15.6. The molecular formula is C8H24N16O8. The highest BCUT2D eigenvalue weighted by Gasteiger charge is 1.99. The molecule has 0 radical (unpaired) electrons. The molecule has 0 aliphatic heterocycles. The van der Waals surface area contributed by atoms with Gasteiger partial charge in [0.15, 0.2) is 46.7 Å². The van der Waals surface area contributed by atoms with Crippen LogP contribution in [0.25, 0.3) is 0 Å². The number of hydrogen-bond donors (Lipinski definition) is 24. The van der Waals surface area contributed by atoms with Crippen molar-refractivity contribution < 1.29 is 41.7 Å². The van der Waals surface area contributed by atoms with Crippen LogP contribution in [-0.2, 0) is 0 Å². The first kappa shape index (κ1) is 34.9. The highest BCUT2D eigenvalue weighted by Crippen LogP contribution is 1.63. The Kier molecular flexibility index (Phi) is 24.8. The van der Waals surface area contributed by atoms with E-state index in [4.69, 9.17) is 84.9 Å². The first-order valence-electron chi connectivity index (χ1n) is 6.79. The number of amidine groups is 8. The standard InChI is InChI=1S/4C2H6N4O2/c4*3-1(5-7)2(4)6-8/h4*7-8H,(H2,3,5)(H2,4,6). The van der Waals surface area contributed by atoms with E-state index < -0.39 is 46.7 Å². The van der Waals surface area contributed by atoms with Crippen molar-refractivity contribution in [2.24, 2.45) is 0 Å². The average molecular weight is 472 g/mol. The molecule has 24 N–H and O–H groups in total. The predicted octanol–water partition coefficient (Wildman–Crippen LogP) is -4.41. The molecule has 32 heavy (non-hydrogen) atoms. The van der Waals surface area contributed by atoms with Crippen LogP contribution < -0.4 is 43.8 Å². The van der Waals surface area contributed by atoms with E-state index in [0.717, 1.165) is 0 Å². The van der Waals surface area contributed by atoms with Crippen LogP contribution in [0.1, 0.15) is 0 Å². The Hall–Kier alpha value is -4.56. The fraction of sp³-hybridized carbons (Fsp3) is 0. The van der Waals surface area contributed by atoms with Gasteiger partial charge in [-0.3, -0.25) is 84.9 Å². The third kappa shape index (κ3) is 20.2. The molecular weight excluding hydrogens is 448 g/mol. The summed E-state index contributed by atoms with van der Waals surface area (Å²) in [4.78, 5) is 0. The molecule has 0 aliphatic carbocycles. The van der Waals surface area contributed by atoms with E-state index in [1.807, 2.05) is 0 Å². The van der Waals surface area contributed by atoms with Gasteiger partial charge in [0.1, 0.15) is 0 Å². The smallest absolute Gasteiger partial charge is 0.187 e. The van der Waals surface area contributed by atoms with Gasteiger partial charge in [0.25, 0.3) is 0 Å². The minimum absolute atomic E-state index is 0.590. The van der Waals surface area contributed by atoms with Crippen LogP contribution in [0.3, 0.4) is 0 Å². The molecule has 0 rings (SSSR count). The fourth-order valence-electron chi connectivity index (χ4n) is 0.447. The zero-order chi connectivity index (χ0) is 26.3. The first-order valence-corrected chi connectivity index (χ1v) is 6.79. The molecule has 0 aromatic rings. The third-order valence-electron chi connectivity index (χ3n) is 1.89. The van der Waals surface area contributed by atoms with Gasteiger partial charge in [0.05, 0.1) is 0 Å². The molecule has 0 aromatic heterocycles. The summed E-state index contributed by atoms with van der Waals surface area (Å²) in [5, 5.41) is 115. The second kappa shape index (κ2) is 22.7. The summed E-state index contributed by atoms with van der Waals surface area (Å²) in [6.45, 7) is 0. The van der Waals surface area contributed by atoms with Gasteiger partial charge in [-0.05, 0) is 0 Å². The highest BCUT2D eigenvalue weighted by atomic mass is 16.5. The van der Waals surface area contributed by atoms with Crippen molar-refractivity contribution >= 4 is 46.7 Å². The van der Waals surface area contributed by atoms with E-state index in [9.17, 15) is 0 Å². The normalized spacial score (nSPS) is 7.75. The van der Waals surface area contributed by atoms with Gasteiger partial charge in [0.2, 0.25) is 0 Å². The molecule has 0 saturated heterocycles. The molecule has 0 amide bonds. The van der Waals surface area contributed by atoms with E-state index in [-0.39, 0.29) is 0 Å². The van der Waals surface area contributed by atoms with E-state index in [1.54, 1.807) is 0 Å². The van der Waals surface area contributed by atoms with Crippen LogP contribution in [0.15, 0.2) is 0 Å². The van der Waals surface area contributed by atoms with Gasteiger partial charge in [0, 0.05) is 0 Å². The number of nitrogens with one attached hydrogen (secondary N) is 16. The molecule has 0 aromatic carbocycles. The topological polar surface area (TPSA) is 449 Å². The molecule has 24 nitrogen and oxygen atoms in total. The molecule has 0 unspecified atom stereocenters. The minimum Gasteiger partial charge on any atom is -0.290 e. The van der Waals surface area contributed by atoms with Crippen molar-refractivity contribution in [2.75, 3.05) is 0 Å². The number of hydrogen-bond acceptors (Lipinski definition) is 16. The summed E-state index contributed by atoms with van der Waals surface area (Å²) in [6.07, 6.45) is 0. The van der Waals surface area contributed by atoms with E-state index in [2.05, 4.69) is 0 Å². The minimum atomic E-state index is -0.590. The Morgan fingerprint density at radius 2 is 0.312 bits per heavy atom. The molecule has 184 valence electrons. The second-order valence-corrected chi connectivity index (χ2v) is 3.89. The maximum Gasteiger partial charge on any atom is 0.187 e. The van der Waals surface area contributed by atoms with Crippen LogP contribution in [0.5, 0.6) is 0 Å². The molecule has 0 atom stereocenters. The Labute approximate surface area is 176 Å². The van der Waals surface area contributed by atoms with Crippen LogP contribution >= 0.6 is 0 Å². The van der Waals surface area contributed by atoms with Crippen molar-refractivity contribution in [2.45, 2.75) is 0 Å². The van der Waals surface area contributed by atoms with Gasteiger partial charge in [-0.25, -0.2) is 43.8 Å². The molecule has 24 heteroatoms. The number of rotatable bonds is 0. The SMILES string of the molecule is N=C(NO)C(=N)NO.N=C(NO)C(=N)NO.N=C(NO)C(=N)NO.N=C(NO)C(=N)NO. The summed E-state index contributed by atoms with van der Waals surface area (Å²) < 4.78 is 0. The van der Waals surface area contributed by atoms with Gasteiger partial charge in [-0.1, -0.05) is 0 Å². The first-order chi connectivity index (χ1) is 14.9. The van der Waals surface area contributed by atoms with Crippen LogP contribution in [0.2, 0.25) is 0 Å². The van der Waals surface area contributed by atoms with E-state index >= 15 is 0 Å². The van der Waals surface area contributed by atoms with Crippen LogP contribution in [-0.4, -0.2) is 88.3 Å². The average Bonchev–Trinajstić information content (AvgIpc) is 2.85. The second-order valence-electron chi connectivity index (χ2n) is 3.89. The molecule has 0 bridgehead atoms. The van der Waals surface area contributed by atoms with Gasteiger partial charge in [-0.2, -0.15) is 0 Å². The summed E-state index contributed by atoms with van der Waals surface area (Å²) in [7, 11) is 0. The van der Waals surface area contributed by atoms with Gasteiger partial charge in [-0.15, -0.1) is 0 Å². The Morgan fingerprint density at radius 3 is 0.344 bits per heavy atom. The van der Waals surface area contributed by atoms with Gasteiger partial charge >= 0.3 is 0 Å². The highest BCUT2D eigenvalue weighted by molar-refractivity contribution is 6.38. The van der Waals surface area contributed by atoms with Crippen LogP contribution in [0, 0.1) is 43.3 Å². The number of hydroxylamine groups is 8. The summed E-state index contributed by atoms with van der Waals surface area (Å²) in [5.41, 5.74) is 10.8. The lowest BCUT2D eigenvalue weighted by atomic mass is 10.6. The summed E-state index contributed by atoms with van der Waals surface area (Å²) in [5.74, 6) is -4.72.